The van der Waals surface area contributed by atoms with Crippen molar-refractivity contribution < 1.29 is 19.1 Å². The first kappa shape index (κ1) is 20.4. The van der Waals surface area contributed by atoms with Gasteiger partial charge >= 0.3 is 0 Å². The highest BCUT2D eigenvalue weighted by Crippen LogP contribution is 2.24. The summed E-state index contributed by atoms with van der Waals surface area (Å²) in [5, 5.41) is 3.17. The highest BCUT2D eigenvalue weighted by atomic mass is 35.5. The number of hydrogen-bond donors (Lipinski definition) is 1. The number of amides is 1. The quantitative estimate of drug-likeness (QED) is 0.558. The Morgan fingerprint density at radius 1 is 0.931 bits per heavy atom. The van der Waals surface area contributed by atoms with Crippen molar-refractivity contribution in [1.29, 1.82) is 0 Å². The molecule has 3 aromatic rings. The number of anilines is 1. The van der Waals surface area contributed by atoms with Gasteiger partial charge in [0.1, 0.15) is 11.5 Å². The number of carbonyl (C=O) groups is 2. The van der Waals surface area contributed by atoms with Crippen molar-refractivity contribution in [2.24, 2.45) is 0 Å². The van der Waals surface area contributed by atoms with E-state index in [0.717, 1.165) is 0 Å². The molecule has 0 spiro atoms. The molecule has 1 atom stereocenters. The SMILES string of the molecule is COc1ccc(OC(C)C(=O)Nc2ccc(Cl)cc2C(=O)c2ccccc2)cc1. The number of rotatable bonds is 7. The number of benzene rings is 3. The minimum atomic E-state index is -0.779. The molecule has 1 N–H and O–H groups in total. The Morgan fingerprint density at radius 3 is 2.24 bits per heavy atom. The highest BCUT2D eigenvalue weighted by molar-refractivity contribution is 6.31. The Bertz CT molecular complexity index is 1000. The minimum Gasteiger partial charge on any atom is -0.497 e. The molecule has 1 amide bonds. The molecule has 0 aliphatic heterocycles. The number of nitrogens with one attached hydrogen (secondary N) is 1. The van der Waals surface area contributed by atoms with Gasteiger partial charge in [0.2, 0.25) is 0 Å². The predicted octanol–water partition coefficient (Wildman–Crippen LogP) is 4.99. The van der Waals surface area contributed by atoms with Crippen molar-refractivity contribution >= 4 is 29.0 Å². The molecule has 6 heteroatoms. The van der Waals surface area contributed by atoms with E-state index in [9.17, 15) is 9.59 Å². The van der Waals surface area contributed by atoms with Gasteiger partial charge in [0, 0.05) is 16.1 Å². The molecule has 0 saturated heterocycles. The molecule has 5 nitrogen and oxygen atoms in total. The maximum Gasteiger partial charge on any atom is 0.265 e. The first-order valence-electron chi connectivity index (χ1n) is 8.99. The molecule has 29 heavy (non-hydrogen) atoms. The number of hydrogen-bond acceptors (Lipinski definition) is 4. The van der Waals surface area contributed by atoms with Crippen LogP contribution in [0.15, 0.2) is 72.8 Å². The van der Waals surface area contributed by atoms with Crippen molar-refractivity contribution in [2.45, 2.75) is 13.0 Å². The average Bonchev–Trinajstić information content (AvgIpc) is 2.75. The summed E-state index contributed by atoms with van der Waals surface area (Å²) in [7, 11) is 1.58. The van der Waals surface area contributed by atoms with Crippen LogP contribution < -0.4 is 14.8 Å². The molecule has 0 radical (unpaired) electrons. The Morgan fingerprint density at radius 2 is 1.59 bits per heavy atom. The average molecular weight is 410 g/mol. The van der Waals surface area contributed by atoms with Gasteiger partial charge in [-0.25, -0.2) is 0 Å². The van der Waals surface area contributed by atoms with Gasteiger partial charge in [0.25, 0.3) is 5.91 Å². The van der Waals surface area contributed by atoms with Crippen LogP contribution in [0.2, 0.25) is 5.02 Å². The van der Waals surface area contributed by atoms with Gasteiger partial charge in [0.05, 0.1) is 12.8 Å². The molecule has 0 bridgehead atoms. The normalized spacial score (nSPS) is 11.4. The van der Waals surface area contributed by atoms with Gasteiger partial charge in [0.15, 0.2) is 11.9 Å². The standard InChI is InChI=1S/C23H20ClNO4/c1-15(29-19-11-9-18(28-2)10-12-19)23(27)25-21-13-8-17(24)14-20(21)22(26)16-6-4-3-5-7-16/h3-15H,1-2H3,(H,25,27). The molecular weight excluding hydrogens is 390 g/mol. The number of ketones is 1. The van der Waals surface area contributed by atoms with Crippen molar-refractivity contribution in [3.8, 4) is 11.5 Å². The molecule has 1 unspecified atom stereocenters. The van der Waals surface area contributed by atoms with E-state index in [1.165, 1.54) is 0 Å². The Hall–Kier alpha value is -3.31. The molecule has 0 saturated carbocycles. The van der Waals surface area contributed by atoms with Gasteiger partial charge < -0.3 is 14.8 Å². The molecule has 0 aromatic heterocycles. The smallest absolute Gasteiger partial charge is 0.265 e. The molecule has 0 aliphatic carbocycles. The van der Waals surface area contributed by atoms with E-state index >= 15 is 0 Å². The Kier molecular flexibility index (Phi) is 6.52. The number of ether oxygens (including phenoxy) is 2. The van der Waals surface area contributed by atoms with Crippen molar-refractivity contribution in [3.63, 3.8) is 0 Å². The van der Waals surface area contributed by atoms with Crippen LogP contribution in [0.3, 0.4) is 0 Å². The molecule has 148 valence electrons. The lowest BCUT2D eigenvalue weighted by molar-refractivity contribution is -0.122. The van der Waals surface area contributed by atoms with Crippen LogP contribution >= 0.6 is 11.6 Å². The lowest BCUT2D eigenvalue weighted by Gasteiger charge is -2.17. The van der Waals surface area contributed by atoms with Gasteiger partial charge in [-0.2, -0.15) is 0 Å². The Labute approximate surface area is 174 Å². The highest BCUT2D eigenvalue weighted by Gasteiger charge is 2.20. The first-order chi connectivity index (χ1) is 14.0. The van der Waals surface area contributed by atoms with Gasteiger partial charge in [-0.1, -0.05) is 41.9 Å². The summed E-state index contributed by atoms with van der Waals surface area (Å²) in [4.78, 5) is 25.5. The molecule has 0 heterocycles. The van der Waals surface area contributed by atoms with E-state index in [0.29, 0.717) is 33.3 Å². The minimum absolute atomic E-state index is 0.230. The summed E-state index contributed by atoms with van der Waals surface area (Å²) in [6, 6.07) is 20.5. The van der Waals surface area contributed by atoms with Gasteiger partial charge in [-0.05, 0) is 49.4 Å². The third-order valence-corrected chi connectivity index (χ3v) is 4.50. The summed E-state index contributed by atoms with van der Waals surface area (Å²) in [6.07, 6.45) is -0.779. The summed E-state index contributed by atoms with van der Waals surface area (Å²) >= 11 is 6.08. The van der Waals surface area contributed by atoms with Crippen LogP contribution in [0, 0.1) is 0 Å². The fourth-order valence-corrected chi connectivity index (χ4v) is 2.88. The van der Waals surface area contributed by atoms with E-state index in [2.05, 4.69) is 5.32 Å². The lowest BCUT2D eigenvalue weighted by Crippen LogP contribution is -2.30. The van der Waals surface area contributed by atoms with Crippen molar-refractivity contribution in [1.82, 2.24) is 0 Å². The second kappa shape index (κ2) is 9.26. The maximum atomic E-state index is 12.9. The first-order valence-corrected chi connectivity index (χ1v) is 9.36. The number of carbonyl (C=O) groups excluding carboxylic acids is 2. The van der Waals surface area contributed by atoms with Crippen LogP contribution in [0.25, 0.3) is 0 Å². The van der Waals surface area contributed by atoms with Crippen LogP contribution in [0.4, 0.5) is 5.69 Å². The van der Waals surface area contributed by atoms with E-state index in [1.54, 1.807) is 80.8 Å². The van der Waals surface area contributed by atoms with E-state index in [4.69, 9.17) is 21.1 Å². The largest absolute Gasteiger partial charge is 0.497 e. The zero-order chi connectivity index (χ0) is 20.8. The molecule has 0 fully saturated rings. The van der Waals surface area contributed by atoms with Crippen molar-refractivity contribution in [3.05, 3.63) is 88.9 Å². The second-order valence-corrected chi connectivity index (χ2v) is 6.75. The fraction of sp³-hybridized carbons (Fsp3) is 0.130. The zero-order valence-corrected chi connectivity index (χ0v) is 16.8. The summed E-state index contributed by atoms with van der Waals surface area (Å²) < 4.78 is 10.8. The fourth-order valence-electron chi connectivity index (χ4n) is 2.70. The lowest BCUT2D eigenvalue weighted by atomic mass is 10.0. The zero-order valence-electron chi connectivity index (χ0n) is 16.0. The van der Waals surface area contributed by atoms with Gasteiger partial charge in [-0.3, -0.25) is 9.59 Å². The van der Waals surface area contributed by atoms with Crippen LogP contribution in [-0.2, 0) is 4.79 Å². The summed E-state index contributed by atoms with van der Waals surface area (Å²) in [6.45, 7) is 1.63. The van der Waals surface area contributed by atoms with Gasteiger partial charge in [-0.15, -0.1) is 0 Å². The topological polar surface area (TPSA) is 64.6 Å². The third kappa shape index (κ3) is 5.15. The Balaban J connectivity index is 1.76. The molecule has 3 aromatic carbocycles. The summed E-state index contributed by atoms with van der Waals surface area (Å²) in [5.41, 5.74) is 1.19. The van der Waals surface area contributed by atoms with Crippen LogP contribution in [0.5, 0.6) is 11.5 Å². The summed E-state index contributed by atoms with van der Waals surface area (Å²) in [5.74, 6) is 0.613. The van der Waals surface area contributed by atoms with E-state index in [1.807, 2.05) is 6.07 Å². The van der Waals surface area contributed by atoms with Crippen LogP contribution in [-0.4, -0.2) is 24.9 Å². The maximum absolute atomic E-state index is 12.9. The van der Waals surface area contributed by atoms with E-state index < -0.39 is 6.10 Å². The second-order valence-electron chi connectivity index (χ2n) is 6.31. The third-order valence-electron chi connectivity index (χ3n) is 4.26. The monoisotopic (exact) mass is 409 g/mol. The molecular formula is C23H20ClNO4. The number of halogens is 1. The molecule has 3 rings (SSSR count). The number of methoxy groups -OCH3 is 1. The van der Waals surface area contributed by atoms with Crippen LogP contribution in [0.1, 0.15) is 22.8 Å². The molecule has 0 aliphatic rings. The van der Waals surface area contributed by atoms with Crippen molar-refractivity contribution in [2.75, 3.05) is 12.4 Å². The predicted molar refractivity (Wildman–Crippen MR) is 113 cm³/mol. The van der Waals surface area contributed by atoms with E-state index in [-0.39, 0.29) is 11.7 Å².